The molecule has 0 saturated carbocycles. The van der Waals surface area contributed by atoms with Gasteiger partial charge in [-0.2, -0.15) is 4.57 Å². The third-order valence-corrected chi connectivity index (χ3v) is 5.49. The first kappa shape index (κ1) is 19.2. The fourth-order valence-corrected chi connectivity index (χ4v) is 3.66. The number of nitrogens with zero attached hydrogens (tertiary/aromatic N) is 1. The van der Waals surface area contributed by atoms with Crippen molar-refractivity contribution in [3.63, 3.8) is 0 Å². The van der Waals surface area contributed by atoms with Crippen LogP contribution >= 0.6 is 23.6 Å². The van der Waals surface area contributed by atoms with Gasteiger partial charge in [0.25, 0.3) is 0 Å². The van der Waals surface area contributed by atoms with Crippen LogP contribution < -0.4 is 15.0 Å². The number of aliphatic hydroxyl groups is 1. The monoisotopic (exact) mass is 396 g/mol. The number of aryl methyl sites for hydroxylation is 1. The van der Waals surface area contributed by atoms with Gasteiger partial charge < -0.3 is 15.5 Å². The summed E-state index contributed by atoms with van der Waals surface area (Å²) in [6, 6.07) is 13.1. The molecule has 3 rings (SSSR count). The van der Waals surface area contributed by atoms with E-state index in [0.29, 0.717) is 21.1 Å². The smallest absolute Gasteiger partial charge is 0.239 e. The van der Waals surface area contributed by atoms with Crippen LogP contribution in [0.2, 0.25) is 0 Å². The topological polar surface area (TPSA) is 59.2 Å². The third-order valence-electron chi connectivity index (χ3n) is 4.33. The van der Waals surface area contributed by atoms with Crippen molar-refractivity contribution in [2.24, 2.45) is 0 Å². The van der Waals surface area contributed by atoms with Crippen LogP contribution in [0.15, 0.2) is 60.2 Å². The summed E-state index contributed by atoms with van der Waals surface area (Å²) in [5.74, 6) is -0.159. The zero-order chi connectivity index (χ0) is 19.4. The average molecular weight is 397 g/mol. The van der Waals surface area contributed by atoms with Gasteiger partial charge in [-0.3, -0.25) is 0 Å². The van der Waals surface area contributed by atoms with Crippen LogP contribution in [-0.4, -0.2) is 10.1 Å². The molecule has 0 saturated heterocycles. The van der Waals surface area contributed by atoms with Crippen molar-refractivity contribution in [3.8, 4) is 0 Å². The zero-order valence-corrected chi connectivity index (χ0v) is 16.7. The molecule has 2 heterocycles. The highest BCUT2D eigenvalue weighted by molar-refractivity contribution is 7.81. The number of thiocarbonyl (C=S) groups is 1. The molecule has 2 aromatic heterocycles. The van der Waals surface area contributed by atoms with Crippen molar-refractivity contribution in [1.29, 1.82) is 0 Å². The summed E-state index contributed by atoms with van der Waals surface area (Å²) in [6.45, 7) is 3.93. The van der Waals surface area contributed by atoms with Crippen molar-refractivity contribution in [1.82, 2.24) is 0 Å². The lowest BCUT2D eigenvalue weighted by atomic mass is 10.1. The van der Waals surface area contributed by atoms with Gasteiger partial charge >= 0.3 is 0 Å². The number of rotatable bonds is 5. The molecule has 0 unspecified atom stereocenters. The average Bonchev–Trinajstić information content (AvgIpc) is 3.20. The Balaban J connectivity index is 2.08. The highest BCUT2D eigenvalue weighted by atomic mass is 32.1. The minimum Gasteiger partial charge on any atom is -0.867 e. The molecule has 6 heteroatoms. The molecule has 0 aliphatic carbocycles. The molecule has 0 aliphatic rings. The highest BCUT2D eigenvalue weighted by Crippen LogP contribution is 2.23. The van der Waals surface area contributed by atoms with E-state index in [-0.39, 0.29) is 12.4 Å². The Kier molecular flexibility index (Phi) is 6.01. The number of aromatic nitrogens is 1. The first-order valence-electron chi connectivity index (χ1n) is 8.45. The molecule has 0 radical (unpaired) electrons. The molecule has 2 N–H and O–H groups in total. The number of nitrogens with one attached hydrogen (secondary N) is 1. The van der Waals surface area contributed by atoms with Crippen LogP contribution in [0.25, 0.3) is 11.5 Å². The van der Waals surface area contributed by atoms with Gasteiger partial charge in [0.05, 0.1) is 6.61 Å². The Morgan fingerprint density at radius 1 is 1.19 bits per heavy atom. The second kappa shape index (κ2) is 8.43. The number of aliphatic hydroxyl groups excluding tert-OH is 1. The van der Waals surface area contributed by atoms with Gasteiger partial charge in [-0.1, -0.05) is 30.4 Å². The fraction of sp³-hybridized carbons (Fsp3) is 0.143. The fourth-order valence-electron chi connectivity index (χ4n) is 2.69. The van der Waals surface area contributed by atoms with Crippen molar-refractivity contribution in [3.05, 3.63) is 81.8 Å². The van der Waals surface area contributed by atoms with E-state index in [0.717, 1.165) is 16.8 Å². The molecular weight excluding hydrogens is 376 g/mol. The molecule has 0 amide bonds. The van der Waals surface area contributed by atoms with Crippen molar-refractivity contribution in [2.75, 3.05) is 5.32 Å². The Morgan fingerprint density at radius 3 is 2.70 bits per heavy atom. The van der Waals surface area contributed by atoms with Gasteiger partial charge in [-0.05, 0) is 54.3 Å². The van der Waals surface area contributed by atoms with E-state index in [9.17, 15) is 10.2 Å². The van der Waals surface area contributed by atoms with Crippen LogP contribution in [0, 0.1) is 13.8 Å². The Labute approximate surface area is 168 Å². The van der Waals surface area contributed by atoms with Gasteiger partial charge in [0.2, 0.25) is 5.70 Å². The van der Waals surface area contributed by atoms with Gasteiger partial charge in [-0.25, -0.2) is 0 Å². The lowest BCUT2D eigenvalue weighted by Crippen LogP contribution is -2.40. The number of pyridine rings is 1. The molecule has 0 spiro atoms. The molecule has 0 atom stereocenters. The van der Waals surface area contributed by atoms with Crippen LogP contribution in [0.1, 0.15) is 21.6 Å². The summed E-state index contributed by atoms with van der Waals surface area (Å²) in [7, 11) is 0. The first-order chi connectivity index (χ1) is 13.0. The van der Waals surface area contributed by atoms with Gasteiger partial charge in [-0.15, -0.1) is 11.3 Å². The van der Waals surface area contributed by atoms with E-state index in [2.05, 4.69) is 5.32 Å². The van der Waals surface area contributed by atoms with Crippen molar-refractivity contribution < 1.29 is 14.8 Å². The van der Waals surface area contributed by atoms with Crippen LogP contribution in [0.3, 0.4) is 0 Å². The van der Waals surface area contributed by atoms with Gasteiger partial charge in [0.1, 0.15) is 0 Å². The predicted octanol–water partition coefficient (Wildman–Crippen LogP) is 3.27. The number of thiophene rings is 1. The van der Waals surface area contributed by atoms with Gasteiger partial charge in [0, 0.05) is 22.2 Å². The summed E-state index contributed by atoms with van der Waals surface area (Å²) in [5, 5.41) is 27.7. The minimum absolute atomic E-state index is 0.113. The molecule has 3 aromatic rings. The maximum Gasteiger partial charge on any atom is 0.239 e. The molecule has 27 heavy (non-hydrogen) atoms. The van der Waals surface area contributed by atoms with Crippen molar-refractivity contribution in [2.45, 2.75) is 20.5 Å². The largest absolute Gasteiger partial charge is 0.867 e. The second-order valence-electron chi connectivity index (χ2n) is 6.13. The lowest BCUT2D eigenvalue weighted by Gasteiger charge is -2.17. The van der Waals surface area contributed by atoms with Crippen LogP contribution in [0.5, 0.6) is 0 Å². The summed E-state index contributed by atoms with van der Waals surface area (Å²) in [6.07, 6.45) is 3.48. The van der Waals surface area contributed by atoms with E-state index in [4.69, 9.17) is 12.2 Å². The Morgan fingerprint density at radius 2 is 2.00 bits per heavy atom. The van der Waals surface area contributed by atoms with E-state index in [1.807, 2.05) is 43.5 Å². The normalized spacial score (nSPS) is 11.8. The Bertz CT molecular complexity index is 995. The van der Waals surface area contributed by atoms with Gasteiger partial charge in [0.15, 0.2) is 17.4 Å². The Hall–Kier alpha value is -2.54. The highest BCUT2D eigenvalue weighted by Gasteiger charge is 2.20. The molecule has 0 fully saturated rings. The maximum atomic E-state index is 13.2. The first-order valence-corrected chi connectivity index (χ1v) is 9.74. The second-order valence-corrected chi connectivity index (χ2v) is 7.49. The molecule has 0 bridgehead atoms. The summed E-state index contributed by atoms with van der Waals surface area (Å²) < 4.78 is 1.67. The number of anilines is 1. The molecular formula is C21H20N2O2S2. The van der Waals surface area contributed by atoms with E-state index in [1.54, 1.807) is 35.2 Å². The lowest BCUT2D eigenvalue weighted by molar-refractivity contribution is -0.578. The third kappa shape index (κ3) is 4.24. The van der Waals surface area contributed by atoms with E-state index in [1.165, 1.54) is 11.3 Å². The molecule has 138 valence electrons. The van der Waals surface area contributed by atoms with E-state index >= 15 is 0 Å². The maximum absolute atomic E-state index is 13.2. The quantitative estimate of drug-likeness (QED) is 0.301. The van der Waals surface area contributed by atoms with Crippen LogP contribution in [-0.2, 0) is 6.61 Å². The molecule has 0 aliphatic heterocycles. The summed E-state index contributed by atoms with van der Waals surface area (Å²) in [5.41, 5.74) is 4.14. The standard InChI is InChI=1S/C21H20N2O2S2/c1-14-6-3-8-17(15(14)2)22-21(26)19(20(25)18-9-5-11-27-18)23-10-4-7-16(12-23)13-24/h3-12,24H,13H2,1-2H3,(H-,22,25,26). The molecule has 4 nitrogen and oxygen atoms in total. The number of hydrogen-bond donors (Lipinski definition) is 2. The van der Waals surface area contributed by atoms with Crippen LogP contribution in [0.4, 0.5) is 5.69 Å². The SMILES string of the molecule is Cc1cccc(NC(=S)C(=C([O-])c2cccs2)[n+]2cccc(CO)c2)c1C. The number of benzene rings is 1. The predicted molar refractivity (Wildman–Crippen MR) is 112 cm³/mol. The van der Waals surface area contributed by atoms with Crippen molar-refractivity contribution >= 4 is 45.7 Å². The zero-order valence-electron chi connectivity index (χ0n) is 15.1. The van der Waals surface area contributed by atoms with E-state index < -0.39 is 0 Å². The summed E-state index contributed by atoms with van der Waals surface area (Å²) >= 11 is 7.00. The number of hydrogen-bond acceptors (Lipinski definition) is 4. The minimum atomic E-state index is -0.159. The molecule has 1 aromatic carbocycles. The summed E-state index contributed by atoms with van der Waals surface area (Å²) in [4.78, 5) is 0.944.